The van der Waals surface area contributed by atoms with Gasteiger partial charge in [0.05, 0.1) is 6.33 Å². The van der Waals surface area contributed by atoms with Crippen molar-refractivity contribution in [3.63, 3.8) is 0 Å². The van der Waals surface area contributed by atoms with Crippen LogP contribution in [0.3, 0.4) is 0 Å². The van der Waals surface area contributed by atoms with Gasteiger partial charge in [0.25, 0.3) is 0 Å². The predicted molar refractivity (Wildman–Crippen MR) is 80.0 cm³/mol. The van der Waals surface area contributed by atoms with Crippen LogP contribution in [-0.4, -0.2) is 0 Å². The Morgan fingerprint density at radius 2 is 1.95 bits per heavy atom. The zero-order chi connectivity index (χ0) is 14.4. The highest BCUT2D eigenvalue weighted by atomic mass is 19.1. The van der Waals surface area contributed by atoms with Crippen molar-refractivity contribution in [2.24, 2.45) is 5.92 Å². The lowest BCUT2D eigenvalue weighted by atomic mass is 9.77. The Bertz CT molecular complexity index is 443. The summed E-state index contributed by atoms with van der Waals surface area (Å²) in [6, 6.07) is 5.49. The lowest BCUT2D eigenvalue weighted by Gasteiger charge is -2.28. The Morgan fingerprint density at radius 1 is 1.20 bits per heavy atom. The van der Waals surface area contributed by atoms with Crippen LogP contribution < -0.4 is 0 Å². The number of halogens is 2. The minimum Gasteiger partial charge on any atom is -0.216 e. The number of allylic oxidation sites excluding steroid dienone is 1. The van der Waals surface area contributed by atoms with E-state index < -0.39 is 0 Å². The first-order chi connectivity index (χ1) is 9.74. The van der Waals surface area contributed by atoms with Crippen LogP contribution in [0.15, 0.2) is 30.6 Å². The molecule has 0 N–H and O–H groups in total. The molecule has 1 fully saturated rings. The molecule has 0 aromatic heterocycles. The molecule has 1 aliphatic carbocycles. The van der Waals surface area contributed by atoms with Gasteiger partial charge in [0, 0.05) is 0 Å². The fourth-order valence-electron chi connectivity index (χ4n) is 3.35. The largest absolute Gasteiger partial charge is 0.216 e. The summed E-state index contributed by atoms with van der Waals surface area (Å²) in [5.41, 5.74) is 1.69. The average Bonchev–Trinajstić information content (AvgIpc) is 2.47. The molecule has 110 valence electrons. The van der Waals surface area contributed by atoms with Gasteiger partial charge in [-0.25, -0.2) is 8.78 Å². The normalized spacial score (nSPS) is 23.4. The fraction of sp³-hybridized carbons (Fsp3) is 0.556. The second-order valence-corrected chi connectivity index (χ2v) is 5.92. The molecule has 2 rings (SSSR count). The van der Waals surface area contributed by atoms with Crippen LogP contribution in [0.1, 0.15) is 62.5 Å². The molecular formula is C18H24F2. The predicted octanol–water partition coefficient (Wildman–Crippen LogP) is 5.93. The van der Waals surface area contributed by atoms with Crippen LogP contribution in [0.5, 0.6) is 0 Å². The molecule has 1 aromatic carbocycles. The van der Waals surface area contributed by atoms with Gasteiger partial charge < -0.3 is 0 Å². The summed E-state index contributed by atoms with van der Waals surface area (Å²) >= 11 is 0. The molecule has 20 heavy (non-hydrogen) atoms. The van der Waals surface area contributed by atoms with Crippen LogP contribution in [0.2, 0.25) is 0 Å². The molecule has 0 unspecified atom stereocenters. The SMILES string of the molecule is CCC[C@H]1CC[C@H](c2ccc(CC=CF)c(F)c2)CC1. The monoisotopic (exact) mass is 278 g/mol. The molecule has 0 saturated heterocycles. The molecule has 2 heteroatoms. The van der Waals surface area contributed by atoms with Gasteiger partial charge in [0.2, 0.25) is 0 Å². The molecule has 1 aliphatic rings. The molecule has 0 aliphatic heterocycles. The van der Waals surface area contributed by atoms with Crippen LogP contribution >= 0.6 is 0 Å². The summed E-state index contributed by atoms with van der Waals surface area (Å²) in [4.78, 5) is 0. The first-order valence-electron chi connectivity index (χ1n) is 7.78. The lowest BCUT2D eigenvalue weighted by molar-refractivity contribution is 0.308. The average molecular weight is 278 g/mol. The van der Waals surface area contributed by atoms with E-state index in [1.165, 1.54) is 44.6 Å². The number of benzene rings is 1. The van der Waals surface area contributed by atoms with E-state index in [0.717, 1.165) is 11.5 Å². The minimum atomic E-state index is -0.198. The first kappa shape index (κ1) is 15.2. The molecule has 0 spiro atoms. The van der Waals surface area contributed by atoms with Crippen molar-refractivity contribution < 1.29 is 8.78 Å². The van der Waals surface area contributed by atoms with E-state index in [9.17, 15) is 8.78 Å². The van der Waals surface area contributed by atoms with Gasteiger partial charge in [-0.05, 0) is 61.1 Å². The third kappa shape index (κ3) is 3.91. The molecule has 0 nitrogen and oxygen atoms in total. The molecule has 0 atom stereocenters. The molecule has 0 bridgehead atoms. The smallest absolute Gasteiger partial charge is 0.126 e. The van der Waals surface area contributed by atoms with Gasteiger partial charge in [-0.2, -0.15) is 0 Å². The van der Waals surface area contributed by atoms with E-state index in [-0.39, 0.29) is 5.82 Å². The highest BCUT2D eigenvalue weighted by Crippen LogP contribution is 2.37. The van der Waals surface area contributed by atoms with Crippen molar-refractivity contribution in [2.45, 2.75) is 57.8 Å². The van der Waals surface area contributed by atoms with Gasteiger partial charge in [-0.1, -0.05) is 38.0 Å². The van der Waals surface area contributed by atoms with Crippen molar-refractivity contribution in [1.29, 1.82) is 0 Å². The third-order valence-electron chi connectivity index (χ3n) is 4.52. The lowest BCUT2D eigenvalue weighted by Crippen LogP contribution is -2.13. The minimum absolute atomic E-state index is 0.198. The van der Waals surface area contributed by atoms with E-state index in [0.29, 0.717) is 24.2 Å². The van der Waals surface area contributed by atoms with E-state index in [4.69, 9.17) is 0 Å². The molecule has 1 saturated carbocycles. The zero-order valence-corrected chi connectivity index (χ0v) is 12.2. The maximum Gasteiger partial charge on any atom is 0.126 e. The molecule has 0 radical (unpaired) electrons. The second-order valence-electron chi connectivity index (χ2n) is 5.92. The fourth-order valence-corrected chi connectivity index (χ4v) is 3.35. The Hall–Kier alpha value is -1.18. The van der Waals surface area contributed by atoms with Crippen LogP contribution in [0.4, 0.5) is 8.78 Å². The summed E-state index contributed by atoms with van der Waals surface area (Å²) in [5.74, 6) is 1.18. The second kappa shape index (κ2) is 7.56. The van der Waals surface area contributed by atoms with Crippen molar-refractivity contribution in [2.75, 3.05) is 0 Å². The van der Waals surface area contributed by atoms with Crippen molar-refractivity contribution >= 4 is 0 Å². The van der Waals surface area contributed by atoms with E-state index in [2.05, 4.69) is 6.92 Å². The molecule has 1 aromatic rings. The van der Waals surface area contributed by atoms with Gasteiger partial charge in [0.15, 0.2) is 0 Å². The Labute approximate surface area is 120 Å². The van der Waals surface area contributed by atoms with Gasteiger partial charge in [-0.3, -0.25) is 0 Å². The standard InChI is InChI=1S/C18H24F2/c1-2-4-14-6-8-15(9-7-14)17-11-10-16(5-3-12-19)18(20)13-17/h3,10-15H,2,4-9H2,1H3/t14-,15-. The van der Waals surface area contributed by atoms with E-state index >= 15 is 0 Å². The maximum absolute atomic E-state index is 14.0. The summed E-state index contributed by atoms with van der Waals surface area (Å²) in [6.07, 6.45) is 9.62. The van der Waals surface area contributed by atoms with E-state index in [1.54, 1.807) is 6.07 Å². The van der Waals surface area contributed by atoms with Crippen molar-refractivity contribution in [3.05, 3.63) is 47.5 Å². The van der Waals surface area contributed by atoms with Crippen LogP contribution in [-0.2, 0) is 6.42 Å². The van der Waals surface area contributed by atoms with Crippen LogP contribution in [0, 0.1) is 11.7 Å². The summed E-state index contributed by atoms with van der Waals surface area (Å²) in [6.45, 7) is 2.24. The maximum atomic E-state index is 14.0. The van der Waals surface area contributed by atoms with E-state index in [1.807, 2.05) is 12.1 Å². The quantitative estimate of drug-likeness (QED) is 0.626. The molecule has 0 heterocycles. The number of rotatable bonds is 5. The molecule has 0 amide bonds. The summed E-state index contributed by atoms with van der Waals surface area (Å²) in [5, 5.41) is 0. The van der Waals surface area contributed by atoms with Crippen LogP contribution in [0.25, 0.3) is 0 Å². The third-order valence-corrected chi connectivity index (χ3v) is 4.52. The summed E-state index contributed by atoms with van der Waals surface area (Å²) < 4.78 is 25.9. The topological polar surface area (TPSA) is 0 Å². The number of hydrogen-bond acceptors (Lipinski definition) is 0. The van der Waals surface area contributed by atoms with Gasteiger partial charge >= 0.3 is 0 Å². The Morgan fingerprint density at radius 3 is 2.55 bits per heavy atom. The highest BCUT2D eigenvalue weighted by Gasteiger charge is 2.22. The van der Waals surface area contributed by atoms with Gasteiger partial charge in [0.1, 0.15) is 5.82 Å². The Balaban J connectivity index is 1.98. The Kier molecular flexibility index (Phi) is 5.75. The number of hydrogen-bond donors (Lipinski definition) is 0. The summed E-state index contributed by atoms with van der Waals surface area (Å²) in [7, 11) is 0. The van der Waals surface area contributed by atoms with Crippen molar-refractivity contribution in [1.82, 2.24) is 0 Å². The first-order valence-corrected chi connectivity index (χ1v) is 7.78. The molecular weight excluding hydrogens is 254 g/mol. The zero-order valence-electron chi connectivity index (χ0n) is 12.2. The highest BCUT2D eigenvalue weighted by molar-refractivity contribution is 5.28. The van der Waals surface area contributed by atoms with Crippen molar-refractivity contribution in [3.8, 4) is 0 Å². The van der Waals surface area contributed by atoms with Gasteiger partial charge in [-0.15, -0.1) is 0 Å².